The first kappa shape index (κ1) is 20.3. The fraction of sp³-hybridized carbons (Fsp3) is 0.261. The molecule has 1 aliphatic rings. The number of allylic oxidation sites excluding steroid dienone is 1. The van der Waals surface area contributed by atoms with Gasteiger partial charge in [0.15, 0.2) is 0 Å². The van der Waals surface area contributed by atoms with Crippen molar-refractivity contribution >= 4 is 23.5 Å². The number of amides is 2. The molecule has 0 bridgehead atoms. The summed E-state index contributed by atoms with van der Waals surface area (Å²) in [6.07, 6.45) is 6.03. The monoisotopic (exact) mass is 392 g/mol. The van der Waals surface area contributed by atoms with Gasteiger partial charge in [-0.2, -0.15) is 0 Å². The minimum Gasteiger partial charge on any atom is -0.427 e. The van der Waals surface area contributed by atoms with Gasteiger partial charge in [0, 0.05) is 30.8 Å². The Morgan fingerprint density at radius 1 is 1.03 bits per heavy atom. The van der Waals surface area contributed by atoms with Crippen molar-refractivity contribution in [1.29, 1.82) is 0 Å². The third kappa shape index (κ3) is 6.31. The van der Waals surface area contributed by atoms with Crippen molar-refractivity contribution in [2.24, 2.45) is 0 Å². The number of rotatable bonds is 6. The summed E-state index contributed by atoms with van der Waals surface area (Å²) in [5.41, 5.74) is 3.09. The first-order valence-electron chi connectivity index (χ1n) is 9.65. The van der Waals surface area contributed by atoms with Gasteiger partial charge in [-0.25, -0.2) is 0 Å². The minimum absolute atomic E-state index is 0.0846. The summed E-state index contributed by atoms with van der Waals surface area (Å²) in [6.45, 7) is 1.69. The second kappa shape index (κ2) is 9.68. The van der Waals surface area contributed by atoms with E-state index in [4.69, 9.17) is 4.74 Å². The number of hydrogen-bond donors (Lipinski definition) is 2. The van der Waals surface area contributed by atoms with E-state index < -0.39 is 5.97 Å². The summed E-state index contributed by atoms with van der Waals surface area (Å²) in [5.74, 6) is -0.524. The molecule has 2 N–H and O–H groups in total. The summed E-state index contributed by atoms with van der Waals surface area (Å²) < 4.78 is 5.01. The van der Waals surface area contributed by atoms with Gasteiger partial charge in [0.2, 0.25) is 5.91 Å². The molecule has 3 rings (SSSR count). The van der Waals surface area contributed by atoms with Crippen LogP contribution in [0.25, 0.3) is 0 Å². The molecule has 2 aromatic rings. The Labute approximate surface area is 170 Å². The van der Waals surface area contributed by atoms with E-state index >= 15 is 0 Å². The fourth-order valence-electron chi connectivity index (χ4n) is 3.23. The van der Waals surface area contributed by atoms with Crippen molar-refractivity contribution in [3.63, 3.8) is 0 Å². The van der Waals surface area contributed by atoms with Gasteiger partial charge in [-0.15, -0.1) is 0 Å². The number of carbonyl (C=O) groups is 3. The van der Waals surface area contributed by atoms with Gasteiger partial charge in [0.25, 0.3) is 5.91 Å². The lowest BCUT2D eigenvalue weighted by atomic mass is 10.1. The van der Waals surface area contributed by atoms with Gasteiger partial charge in [-0.3, -0.25) is 14.4 Å². The molecule has 0 aliphatic heterocycles. The lowest BCUT2D eigenvalue weighted by Crippen LogP contribution is -2.21. The van der Waals surface area contributed by atoms with Crippen LogP contribution in [0.4, 0.5) is 5.69 Å². The summed E-state index contributed by atoms with van der Waals surface area (Å²) in [6, 6.07) is 13.7. The molecular weight excluding hydrogens is 368 g/mol. The van der Waals surface area contributed by atoms with Crippen LogP contribution >= 0.6 is 0 Å². The zero-order valence-corrected chi connectivity index (χ0v) is 16.4. The molecule has 1 fully saturated rings. The van der Waals surface area contributed by atoms with Crippen LogP contribution in [0.15, 0.2) is 60.2 Å². The number of esters is 1. The van der Waals surface area contributed by atoms with E-state index in [0.29, 0.717) is 23.5 Å². The van der Waals surface area contributed by atoms with Gasteiger partial charge in [-0.05, 0) is 61.6 Å². The quantitative estimate of drug-likeness (QED) is 0.442. The Morgan fingerprint density at radius 3 is 2.55 bits per heavy atom. The van der Waals surface area contributed by atoms with E-state index in [9.17, 15) is 14.4 Å². The smallest absolute Gasteiger partial charge is 0.308 e. The van der Waals surface area contributed by atoms with Crippen LogP contribution in [0.3, 0.4) is 0 Å². The van der Waals surface area contributed by atoms with E-state index in [0.717, 1.165) is 31.2 Å². The fourth-order valence-corrected chi connectivity index (χ4v) is 3.23. The van der Waals surface area contributed by atoms with Crippen LogP contribution in [0.2, 0.25) is 0 Å². The minimum atomic E-state index is -0.444. The Balaban J connectivity index is 1.59. The molecule has 1 aliphatic carbocycles. The Kier molecular flexibility index (Phi) is 6.79. The highest BCUT2D eigenvalue weighted by atomic mass is 16.5. The number of anilines is 1. The van der Waals surface area contributed by atoms with Crippen molar-refractivity contribution in [1.82, 2.24) is 5.32 Å². The van der Waals surface area contributed by atoms with Crippen LogP contribution < -0.4 is 15.4 Å². The number of hydrogen-bond acceptors (Lipinski definition) is 4. The molecule has 1 saturated carbocycles. The highest BCUT2D eigenvalue weighted by molar-refractivity contribution is 6.04. The van der Waals surface area contributed by atoms with Crippen molar-refractivity contribution in [3.8, 4) is 5.75 Å². The predicted molar refractivity (Wildman–Crippen MR) is 111 cm³/mol. The lowest BCUT2D eigenvalue weighted by molar-refractivity contribution is -0.131. The van der Waals surface area contributed by atoms with Gasteiger partial charge in [0.05, 0.1) is 0 Å². The molecule has 29 heavy (non-hydrogen) atoms. The Hall–Kier alpha value is -3.41. The zero-order valence-electron chi connectivity index (χ0n) is 16.4. The molecule has 0 atom stereocenters. The predicted octanol–water partition coefficient (Wildman–Crippen LogP) is 3.98. The highest BCUT2D eigenvalue weighted by Crippen LogP contribution is 2.23. The molecule has 6 heteroatoms. The average Bonchev–Trinajstić information content (AvgIpc) is 3.19. The van der Waals surface area contributed by atoms with Gasteiger partial charge < -0.3 is 15.4 Å². The second-order valence-corrected chi connectivity index (χ2v) is 7.00. The average molecular weight is 392 g/mol. The third-order valence-electron chi connectivity index (χ3n) is 4.59. The normalized spacial score (nSPS) is 12.9. The van der Waals surface area contributed by atoms with Crippen LogP contribution in [0, 0.1) is 0 Å². The van der Waals surface area contributed by atoms with Crippen molar-refractivity contribution in [2.45, 2.75) is 39.2 Å². The largest absolute Gasteiger partial charge is 0.427 e. The van der Waals surface area contributed by atoms with Crippen molar-refractivity contribution in [3.05, 3.63) is 71.3 Å². The van der Waals surface area contributed by atoms with Crippen LogP contribution in [-0.2, 0) is 16.1 Å². The first-order valence-corrected chi connectivity index (χ1v) is 9.65. The van der Waals surface area contributed by atoms with E-state index in [2.05, 4.69) is 10.6 Å². The molecule has 150 valence electrons. The maximum Gasteiger partial charge on any atom is 0.308 e. The van der Waals surface area contributed by atoms with Crippen LogP contribution in [-0.4, -0.2) is 17.8 Å². The SMILES string of the molecule is CC(=O)Oc1cccc(C(=O)Nc2cccc(CNC(=O)C=C3CCCC3)c2)c1. The number of benzene rings is 2. The van der Waals surface area contributed by atoms with Crippen molar-refractivity contribution < 1.29 is 19.1 Å². The summed E-state index contributed by atoms with van der Waals surface area (Å²) in [5, 5.41) is 5.71. The first-order chi connectivity index (χ1) is 14.0. The topological polar surface area (TPSA) is 84.5 Å². The maximum absolute atomic E-state index is 12.5. The van der Waals surface area contributed by atoms with Crippen molar-refractivity contribution in [2.75, 3.05) is 5.32 Å². The van der Waals surface area contributed by atoms with E-state index in [1.165, 1.54) is 18.6 Å². The zero-order chi connectivity index (χ0) is 20.6. The second-order valence-electron chi connectivity index (χ2n) is 7.00. The molecule has 0 aromatic heterocycles. The molecule has 0 saturated heterocycles. The Bertz CT molecular complexity index is 941. The lowest BCUT2D eigenvalue weighted by Gasteiger charge is -2.09. The molecule has 0 unspecified atom stereocenters. The van der Waals surface area contributed by atoms with Gasteiger partial charge >= 0.3 is 5.97 Å². The van der Waals surface area contributed by atoms with Crippen LogP contribution in [0.5, 0.6) is 5.75 Å². The summed E-state index contributed by atoms with van der Waals surface area (Å²) in [4.78, 5) is 35.6. The Morgan fingerprint density at radius 2 is 1.79 bits per heavy atom. The van der Waals surface area contributed by atoms with Gasteiger partial charge in [0.1, 0.15) is 5.75 Å². The molecule has 2 amide bonds. The van der Waals surface area contributed by atoms with Gasteiger partial charge in [-0.1, -0.05) is 23.8 Å². The van der Waals surface area contributed by atoms with Crippen LogP contribution in [0.1, 0.15) is 48.5 Å². The number of carbonyl (C=O) groups excluding carboxylic acids is 3. The van der Waals surface area contributed by atoms with E-state index in [1.54, 1.807) is 30.3 Å². The molecule has 0 heterocycles. The van der Waals surface area contributed by atoms with E-state index in [-0.39, 0.29) is 11.8 Å². The molecule has 2 aromatic carbocycles. The summed E-state index contributed by atoms with van der Waals surface area (Å²) >= 11 is 0. The van der Waals surface area contributed by atoms with E-state index in [1.807, 2.05) is 18.2 Å². The third-order valence-corrected chi connectivity index (χ3v) is 4.59. The molecule has 0 radical (unpaired) electrons. The maximum atomic E-state index is 12.5. The number of nitrogens with one attached hydrogen (secondary N) is 2. The number of ether oxygens (including phenoxy) is 1. The highest BCUT2D eigenvalue weighted by Gasteiger charge is 2.10. The molecule has 0 spiro atoms. The molecule has 6 nitrogen and oxygen atoms in total. The molecular formula is C23H24N2O4. The standard InChI is InChI=1S/C23H24N2O4/c1-16(26)29-21-11-5-9-19(14-21)23(28)25-20-10-4-8-18(12-20)15-24-22(27)13-17-6-2-3-7-17/h4-5,8-14H,2-3,6-7,15H2,1H3,(H,24,27)(H,25,28). The summed E-state index contributed by atoms with van der Waals surface area (Å²) in [7, 11) is 0.